The lowest BCUT2D eigenvalue weighted by Crippen LogP contribution is -2.33. The highest BCUT2D eigenvalue weighted by Crippen LogP contribution is 2.23. The van der Waals surface area contributed by atoms with Gasteiger partial charge in [-0.2, -0.15) is 0 Å². The molecule has 0 unspecified atom stereocenters. The summed E-state index contributed by atoms with van der Waals surface area (Å²) < 4.78 is 26.4. The molecule has 0 spiro atoms. The number of halogens is 3. The van der Waals surface area contributed by atoms with Gasteiger partial charge in [0, 0.05) is 22.9 Å². The summed E-state index contributed by atoms with van der Waals surface area (Å²) in [6.45, 7) is 0.920. The van der Waals surface area contributed by atoms with Crippen molar-refractivity contribution in [3.05, 3.63) is 70.2 Å². The van der Waals surface area contributed by atoms with Crippen LogP contribution < -0.4 is 0 Å². The van der Waals surface area contributed by atoms with Gasteiger partial charge in [-0.25, -0.2) is 8.78 Å². The van der Waals surface area contributed by atoms with Crippen molar-refractivity contribution in [2.45, 2.75) is 5.75 Å². The Morgan fingerprint density at radius 1 is 1.21 bits per heavy atom. The standard InChI is InChI=1S/C17H13ClF2N2OS/c18-13-3-1-2-11(8-13)10-24-17-21-6-7-22(17)16(23)12-4-5-14(19)15(20)9-12/h1-5,8-9H,6-7,10H2. The van der Waals surface area contributed by atoms with Gasteiger partial charge in [0.1, 0.15) is 0 Å². The van der Waals surface area contributed by atoms with Gasteiger partial charge in [-0.1, -0.05) is 35.5 Å². The maximum atomic E-state index is 13.3. The zero-order valence-electron chi connectivity index (χ0n) is 12.5. The van der Waals surface area contributed by atoms with Crippen LogP contribution >= 0.6 is 23.4 Å². The fraction of sp³-hybridized carbons (Fsp3) is 0.176. The molecule has 0 aliphatic carbocycles. The Kier molecular flexibility index (Phi) is 5.16. The summed E-state index contributed by atoms with van der Waals surface area (Å²) in [7, 11) is 0. The van der Waals surface area contributed by atoms with Gasteiger partial charge >= 0.3 is 0 Å². The average molecular weight is 367 g/mol. The van der Waals surface area contributed by atoms with Crippen LogP contribution in [0.4, 0.5) is 8.78 Å². The highest BCUT2D eigenvalue weighted by atomic mass is 35.5. The predicted molar refractivity (Wildman–Crippen MR) is 92.4 cm³/mol. The molecule has 0 N–H and O–H groups in total. The van der Waals surface area contributed by atoms with Gasteiger partial charge in [0.25, 0.3) is 5.91 Å². The number of hydrogen-bond acceptors (Lipinski definition) is 3. The van der Waals surface area contributed by atoms with Crippen molar-refractivity contribution in [3.63, 3.8) is 0 Å². The maximum absolute atomic E-state index is 13.3. The molecule has 24 heavy (non-hydrogen) atoms. The molecule has 124 valence electrons. The minimum Gasteiger partial charge on any atom is -0.286 e. The maximum Gasteiger partial charge on any atom is 0.259 e. The van der Waals surface area contributed by atoms with Crippen LogP contribution in [0.5, 0.6) is 0 Å². The van der Waals surface area contributed by atoms with Crippen LogP contribution in [0, 0.1) is 11.6 Å². The minimum atomic E-state index is -1.04. The molecule has 0 fully saturated rings. The molecule has 2 aromatic carbocycles. The number of amides is 1. The lowest BCUT2D eigenvalue weighted by Gasteiger charge is -2.18. The van der Waals surface area contributed by atoms with Crippen LogP contribution in [0.1, 0.15) is 15.9 Å². The van der Waals surface area contributed by atoms with E-state index >= 15 is 0 Å². The Morgan fingerprint density at radius 3 is 2.79 bits per heavy atom. The number of aliphatic imine (C=N–C) groups is 1. The molecular weight excluding hydrogens is 354 g/mol. The van der Waals surface area contributed by atoms with E-state index in [-0.39, 0.29) is 11.5 Å². The summed E-state index contributed by atoms with van der Waals surface area (Å²) in [5.74, 6) is -1.79. The summed E-state index contributed by atoms with van der Waals surface area (Å²) in [5.41, 5.74) is 1.12. The van der Waals surface area contributed by atoms with Crippen LogP contribution in [0.2, 0.25) is 5.02 Å². The van der Waals surface area contributed by atoms with Crippen LogP contribution in [-0.4, -0.2) is 29.1 Å². The minimum absolute atomic E-state index is 0.104. The second kappa shape index (κ2) is 7.32. The number of rotatable bonds is 3. The molecular formula is C17H13ClF2N2OS. The molecule has 0 saturated heterocycles. The Morgan fingerprint density at radius 2 is 2.04 bits per heavy atom. The number of amidine groups is 1. The van der Waals surface area contributed by atoms with E-state index in [1.807, 2.05) is 18.2 Å². The van der Waals surface area contributed by atoms with E-state index in [9.17, 15) is 13.6 Å². The van der Waals surface area contributed by atoms with E-state index in [0.717, 1.165) is 17.7 Å². The van der Waals surface area contributed by atoms with Crippen molar-refractivity contribution in [2.24, 2.45) is 4.99 Å². The Bertz CT molecular complexity index is 813. The normalized spacial score (nSPS) is 14.0. The van der Waals surface area contributed by atoms with Gasteiger partial charge in [0.2, 0.25) is 0 Å². The molecule has 0 saturated carbocycles. The molecule has 1 aliphatic rings. The van der Waals surface area contributed by atoms with Gasteiger partial charge in [0.15, 0.2) is 16.8 Å². The second-order valence-electron chi connectivity index (χ2n) is 5.17. The van der Waals surface area contributed by atoms with Crippen LogP contribution in [-0.2, 0) is 5.75 Å². The molecule has 3 nitrogen and oxygen atoms in total. The molecule has 7 heteroatoms. The quantitative estimate of drug-likeness (QED) is 0.808. The molecule has 1 heterocycles. The smallest absolute Gasteiger partial charge is 0.259 e. The first-order valence-electron chi connectivity index (χ1n) is 7.23. The topological polar surface area (TPSA) is 32.7 Å². The fourth-order valence-corrected chi connectivity index (χ4v) is 3.50. The molecule has 1 amide bonds. The third-order valence-electron chi connectivity index (χ3n) is 3.47. The van der Waals surface area contributed by atoms with E-state index in [1.165, 1.54) is 22.7 Å². The first-order valence-corrected chi connectivity index (χ1v) is 8.59. The highest BCUT2D eigenvalue weighted by Gasteiger charge is 2.25. The van der Waals surface area contributed by atoms with Crippen LogP contribution in [0.3, 0.4) is 0 Å². The van der Waals surface area contributed by atoms with Crippen molar-refractivity contribution in [1.29, 1.82) is 0 Å². The highest BCUT2D eigenvalue weighted by molar-refractivity contribution is 8.13. The summed E-state index contributed by atoms with van der Waals surface area (Å²) >= 11 is 7.37. The Labute approximate surface area is 147 Å². The zero-order chi connectivity index (χ0) is 17.1. The summed E-state index contributed by atoms with van der Waals surface area (Å²) in [4.78, 5) is 18.3. The SMILES string of the molecule is O=C(c1ccc(F)c(F)c1)N1CCN=C1SCc1cccc(Cl)c1. The lowest BCUT2D eigenvalue weighted by atomic mass is 10.2. The van der Waals surface area contributed by atoms with Crippen molar-refractivity contribution >= 4 is 34.4 Å². The number of carbonyl (C=O) groups excluding carboxylic acids is 1. The fourth-order valence-electron chi connectivity index (χ4n) is 2.30. The van der Waals surface area contributed by atoms with E-state index in [0.29, 0.717) is 29.0 Å². The third kappa shape index (κ3) is 3.76. The monoisotopic (exact) mass is 366 g/mol. The molecule has 0 bridgehead atoms. The van der Waals surface area contributed by atoms with E-state index in [4.69, 9.17) is 11.6 Å². The number of benzene rings is 2. The number of nitrogens with zero attached hydrogens (tertiary/aromatic N) is 2. The van der Waals surface area contributed by atoms with Crippen LogP contribution in [0.15, 0.2) is 47.5 Å². The van der Waals surface area contributed by atoms with Gasteiger partial charge in [-0.05, 0) is 35.9 Å². The average Bonchev–Trinajstić information content (AvgIpc) is 3.03. The van der Waals surface area contributed by atoms with Crippen molar-refractivity contribution in [3.8, 4) is 0 Å². The van der Waals surface area contributed by atoms with Gasteiger partial charge in [-0.15, -0.1) is 0 Å². The molecule has 0 aromatic heterocycles. The summed E-state index contributed by atoms with van der Waals surface area (Å²) in [6.07, 6.45) is 0. The van der Waals surface area contributed by atoms with E-state index in [1.54, 1.807) is 6.07 Å². The molecule has 0 atom stereocenters. The van der Waals surface area contributed by atoms with Gasteiger partial charge < -0.3 is 0 Å². The third-order valence-corrected chi connectivity index (χ3v) is 4.79. The number of carbonyl (C=O) groups is 1. The Balaban J connectivity index is 1.70. The lowest BCUT2D eigenvalue weighted by molar-refractivity contribution is 0.0860. The van der Waals surface area contributed by atoms with Crippen LogP contribution in [0.25, 0.3) is 0 Å². The predicted octanol–water partition coefficient (Wildman–Crippen LogP) is 4.36. The molecule has 1 aliphatic heterocycles. The van der Waals surface area contributed by atoms with Crippen molar-refractivity contribution in [2.75, 3.05) is 13.1 Å². The van der Waals surface area contributed by atoms with E-state index in [2.05, 4.69) is 4.99 Å². The second-order valence-corrected chi connectivity index (χ2v) is 6.55. The zero-order valence-corrected chi connectivity index (χ0v) is 14.1. The summed E-state index contributed by atoms with van der Waals surface area (Å²) in [5, 5.41) is 1.22. The molecule has 3 rings (SSSR count). The van der Waals surface area contributed by atoms with E-state index < -0.39 is 11.6 Å². The number of thioether (sulfide) groups is 1. The summed E-state index contributed by atoms with van der Waals surface area (Å²) in [6, 6.07) is 10.6. The van der Waals surface area contributed by atoms with Crippen molar-refractivity contribution in [1.82, 2.24) is 4.90 Å². The van der Waals surface area contributed by atoms with Gasteiger partial charge in [-0.3, -0.25) is 14.7 Å². The van der Waals surface area contributed by atoms with Gasteiger partial charge in [0.05, 0.1) is 6.54 Å². The first-order chi connectivity index (χ1) is 11.5. The molecule has 0 radical (unpaired) electrons. The largest absolute Gasteiger partial charge is 0.286 e. The first kappa shape index (κ1) is 16.9. The molecule has 2 aromatic rings. The number of hydrogen-bond donors (Lipinski definition) is 0. The van der Waals surface area contributed by atoms with Crippen molar-refractivity contribution < 1.29 is 13.6 Å². The Hall–Kier alpha value is -1.92.